The van der Waals surface area contributed by atoms with E-state index in [-0.39, 0.29) is 11.1 Å². The number of ether oxygens (including phenoxy) is 1. The zero-order valence-electron chi connectivity index (χ0n) is 13.4. The van der Waals surface area contributed by atoms with E-state index in [0.29, 0.717) is 6.54 Å². The second kappa shape index (κ2) is 7.44. The lowest BCUT2D eigenvalue weighted by Gasteiger charge is -2.11. The van der Waals surface area contributed by atoms with Gasteiger partial charge in [0.2, 0.25) is 5.16 Å². The lowest BCUT2D eigenvalue weighted by molar-refractivity contribution is 0.414. The van der Waals surface area contributed by atoms with Crippen molar-refractivity contribution in [3.63, 3.8) is 0 Å². The number of rotatable bonds is 6. The predicted molar refractivity (Wildman–Crippen MR) is 90.6 cm³/mol. The monoisotopic (exact) mass is 344 g/mol. The Morgan fingerprint density at radius 3 is 2.50 bits per heavy atom. The van der Waals surface area contributed by atoms with Crippen LogP contribution in [0.2, 0.25) is 0 Å². The number of tetrazole rings is 1. The molecule has 1 aromatic heterocycles. The lowest BCUT2D eigenvalue weighted by Crippen LogP contribution is -2.04. The molecular formula is C17H17FN4OS. The van der Waals surface area contributed by atoms with Gasteiger partial charge in [-0.2, -0.15) is 0 Å². The summed E-state index contributed by atoms with van der Waals surface area (Å²) < 4.78 is 20.0. The second-order valence-corrected chi connectivity index (χ2v) is 6.59. The predicted octanol–water partition coefficient (Wildman–Crippen LogP) is 3.72. The average molecular weight is 344 g/mol. The standard InChI is InChI=1S/C17H17FN4OS/c1-12(14-5-7-15(18)8-6-14)24-17-19-20-21-22(17)11-13-3-9-16(23-2)10-4-13/h3-10,12H,11H2,1-2H3/t12-/m0/s1. The molecule has 0 saturated carbocycles. The Morgan fingerprint density at radius 1 is 1.12 bits per heavy atom. The number of halogens is 1. The molecule has 7 heteroatoms. The summed E-state index contributed by atoms with van der Waals surface area (Å²) in [6.45, 7) is 2.62. The fourth-order valence-electron chi connectivity index (χ4n) is 2.24. The quantitative estimate of drug-likeness (QED) is 0.638. The van der Waals surface area contributed by atoms with Crippen LogP contribution in [-0.2, 0) is 6.54 Å². The fourth-order valence-corrected chi connectivity index (χ4v) is 3.16. The van der Waals surface area contributed by atoms with E-state index in [0.717, 1.165) is 22.0 Å². The number of benzene rings is 2. The number of thioether (sulfide) groups is 1. The van der Waals surface area contributed by atoms with Crippen LogP contribution in [-0.4, -0.2) is 27.3 Å². The number of aromatic nitrogens is 4. The van der Waals surface area contributed by atoms with Crippen LogP contribution < -0.4 is 4.74 Å². The first-order valence-corrected chi connectivity index (χ1v) is 8.35. The third kappa shape index (κ3) is 3.91. The Labute approximate surface area is 143 Å². The van der Waals surface area contributed by atoms with E-state index in [1.807, 2.05) is 31.2 Å². The van der Waals surface area contributed by atoms with Crippen LogP contribution >= 0.6 is 11.8 Å². The van der Waals surface area contributed by atoms with Gasteiger partial charge >= 0.3 is 0 Å². The van der Waals surface area contributed by atoms with Crippen LogP contribution in [0.15, 0.2) is 53.7 Å². The van der Waals surface area contributed by atoms with Gasteiger partial charge in [-0.25, -0.2) is 9.07 Å². The van der Waals surface area contributed by atoms with E-state index < -0.39 is 0 Å². The Kier molecular flexibility index (Phi) is 5.10. The molecule has 0 unspecified atom stereocenters. The zero-order chi connectivity index (χ0) is 16.9. The lowest BCUT2D eigenvalue weighted by atomic mass is 10.2. The molecule has 24 heavy (non-hydrogen) atoms. The summed E-state index contributed by atoms with van der Waals surface area (Å²) in [7, 11) is 1.64. The van der Waals surface area contributed by atoms with Gasteiger partial charge < -0.3 is 4.74 Å². The van der Waals surface area contributed by atoms with E-state index in [4.69, 9.17) is 4.74 Å². The van der Waals surface area contributed by atoms with Crippen molar-refractivity contribution in [2.45, 2.75) is 23.9 Å². The highest BCUT2D eigenvalue weighted by molar-refractivity contribution is 7.99. The molecule has 0 aliphatic heterocycles. The van der Waals surface area contributed by atoms with Crippen molar-refractivity contribution in [1.82, 2.24) is 20.2 Å². The molecule has 2 aromatic carbocycles. The minimum absolute atomic E-state index is 0.117. The van der Waals surface area contributed by atoms with Gasteiger partial charge in [0.25, 0.3) is 0 Å². The van der Waals surface area contributed by atoms with E-state index in [1.165, 1.54) is 12.1 Å². The first-order chi connectivity index (χ1) is 11.7. The third-order valence-electron chi connectivity index (χ3n) is 3.61. The van der Waals surface area contributed by atoms with Gasteiger partial charge in [0, 0.05) is 5.25 Å². The smallest absolute Gasteiger partial charge is 0.210 e. The molecule has 1 atom stereocenters. The van der Waals surface area contributed by atoms with Crippen molar-refractivity contribution in [1.29, 1.82) is 0 Å². The van der Waals surface area contributed by atoms with Gasteiger partial charge in [-0.05, 0) is 52.7 Å². The molecule has 0 spiro atoms. The number of methoxy groups -OCH3 is 1. The molecule has 5 nitrogen and oxygen atoms in total. The largest absolute Gasteiger partial charge is 0.497 e. The molecule has 3 rings (SSSR count). The highest BCUT2D eigenvalue weighted by atomic mass is 32.2. The molecule has 0 radical (unpaired) electrons. The second-order valence-electron chi connectivity index (χ2n) is 5.28. The molecule has 0 bridgehead atoms. The van der Waals surface area contributed by atoms with Gasteiger partial charge in [-0.3, -0.25) is 0 Å². The van der Waals surface area contributed by atoms with Gasteiger partial charge in [0.15, 0.2) is 0 Å². The van der Waals surface area contributed by atoms with Crippen molar-refractivity contribution in [2.75, 3.05) is 7.11 Å². The normalized spacial score (nSPS) is 12.1. The van der Waals surface area contributed by atoms with Gasteiger partial charge in [-0.1, -0.05) is 36.0 Å². The van der Waals surface area contributed by atoms with E-state index in [2.05, 4.69) is 15.5 Å². The molecule has 0 aliphatic carbocycles. The maximum absolute atomic E-state index is 13.0. The molecule has 0 N–H and O–H groups in total. The molecule has 1 heterocycles. The maximum atomic E-state index is 13.0. The van der Waals surface area contributed by atoms with E-state index in [1.54, 1.807) is 35.7 Å². The molecular weight excluding hydrogens is 327 g/mol. The summed E-state index contributed by atoms with van der Waals surface area (Å²) in [5.74, 6) is 0.579. The van der Waals surface area contributed by atoms with Gasteiger partial charge in [0.1, 0.15) is 11.6 Å². The van der Waals surface area contributed by atoms with Crippen LogP contribution in [0.5, 0.6) is 5.75 Å². The molecule has 3 aromatic rings. The van der Waals surface area contributed by atoms with Crippen molar-refractivity contribution >= 4 is 11.8 Å². The highest BCUT2D eigenvalue weighted by Crippen LogP contribution is 2.33. The Bertz CT molecular complexity index is 789. The topological polar surface area (TPSA) is 52.8 Å². The fraction of sp³-hybridized carbons (Fsp3) is 0.235. The van der Waals surface area contributed by atoms with Gasteiger partial charge in [0.05, 0.1) is 13.7 Å². The first kappa shape index (κ1) is 16.4. The maximum Gasteiger partial charge on any atom is 0.210 e. The van der Waals surface area contributed by atoms with Crippen molar-refractivity contribution < 1.29 is 9.13 Å². The summed E-state index contributed by atoms with van der Waals surface area (Å²) >= 11 is 1.54. The highest BCUT2D eigenvalue weighted by Gasteiger charge is 2.14. The van der Waals surface area contributed by atoms with Crippen LogP contribution in [0.4, 0.5) is 4.39 Å². The van der Waals surface area contributed by atoms with Crippen LogP contribution in [0, 0.1) is 5.82 Å². The average Bonchev–Trinajstić information content (AvgIpc) is 3.03. The molecule has 0 fully saturated rings. The number of hydrogen-bond acceptors (Lipinski definition) is 5. The third-order valence-corrected chi connectivity index (χ3v) is 4.74. The molecule has 0 saturated heterocycles. The summed E-state index contributed by atoms with van der Waals surface area (Å²) in [6.07, 6.45) is 0. The van der Waals surface area contributed by atoms with Crippen molar-refractivity contribution in [3.05, 3.63) is 65.5 Å². The molecule has 0 amide bonds. The number of hydrogen-bond donors (Lipinski definition) is 0. The van der Waals surface area contributed by atoms with E-state index in [9.17, 15) is 4.39 Å². The minimum Gasteiger partial charge on any atom is -0.497 e. The summed E-state index contributed by atoms with van der Waals surface area (Å²) in [4.78, 5) is 0. The molecule has 124 valence electrons. The number of nitrogens with zero attached hydrogens (tertiary/aromatic N) is 4. The van der Waals surface area contributed by atoms with E-state index >= 15 is 0 Å². The van der Waals surface area contributed by atoms with Crippen LogP contribution in [0.25, 0.3) is 0 Å². The van der Waals surface area contributed by atoms with Crippen molar-refractivity contribution in [2.24, 2.45) is 0 Å². The van der Waals surface area contributed by atoms with Crippen molar-refractivity contribution in [3.8, 4) is 5.75 Å². The summed E-state index contributed by atoms with van der Waals surface area (Å²) in [5.41, 5.74) is 2.11. The Balaban J connectivity index is 1.71. The minimum atomic E-state index is -0.236. The summed E-state index contributed by atoms with van der Waals surface area (Å²) in [6, 6.07) is 14.3. The Hall–Kier alpha value is -2.41. The summed E-state index contributed by atoms with van der Waals surface area (Å²) in [5, 5.41) is 12.8. The zero-order valence-corrected chi connectivity index (χ0v) is 14.2. The van der Waals surface area contributed by atoms with Gasteiger partial charge in [-0.15, -0.1) is 5.10 Å². The molecule has 0 aliphatic rings. The Morgan fingerprint density at radius 2 is 1.83 bits per heavy atom. The first-order valence-electron chi connectivity index (χ1n) is 7.47. The SMILES string of the molecule is COc1ccc(Cn2nnnc2S[C@@H](C)c2ccc(F)cc2)cc1. The van der Waals surface area contributed by atoms with Crippen LogP contribution in [0.1, 0.15) is 23.3 Å². The van der Waals surface area contributed by atoms with Crippen LogP contribution in [0.3, 0.4) is 0 Å².